The van der Waals surface area contributed by atoms with Crippen molar-refractivity contribution in [2.45, 2.75) is 30.2 Å². The number of carbonyl (C=O) groups is 4. The molecule has 41 heavy (non-hydrogen) atoms. The Morgan fingerprint density at radius 3 is 2.10 bits per heavy atom. The Hall–Kier alpha value is -4.22. The van der Waals surface area contributed by atoms with Crippen molar-refractivity contribution in [1.29, 1.82) is 0 Å². The number of fused-ring (bicyclic) bond motifs is 1. The number of ether oxygens (including phenoxy) is 2. The Morgan fingerprint density at radius 1 is 0.927 bits per heavy atom. The van der Waals surface area contributed by atoms with Gasteiger partial charge in [0.25, 0.3) is 5.24 Å². The number of nitrogens with zero attached hydrogens (tertiary/aromatic N) is 1. The number of thioether (sulfide) groups is 2. The van der Waals surface area contributed by atoms with Gasteiger partial charge in [0.2, 0.25) is 5.91 Å². The number of rotatable bonds is 8. The molecule has 11 heteroatoms. The van der Waals surface area contributed by atoms with E-state index in [1.54, 1.807) is 11.7 Å². The van der Waals surface area contributed by atoms with Gasteiger partial charge in [0.1, 0.15) is 18.0 Å². The van der Waals surface area contributed by atoms with E-state index in [-0.39, 0.29) is 17.5 Å². The van der Waals surface area contributed by atoms with Crippen LogP contribution in [-0.4, -0.2) is 51.8 Å². The Morgan fingerprint density at radius 2 is 1.51 bits per heavy atom. The molecule has 0 bridgehead atoms. The molecule has 9 nitrogen and oxygen atoms in total. The Bertz CT molecular complexity index is 1400. The van der Waals surface area contributed by atoms with Crippen molar-refractivity contribution in [2.75, 3.05) is 6.26 Å². The van der Waals surface area contributed by atoms with Crippen molar-refractivity contribution in [3.8, 4) is 0 Å². The first-order valence-electron chi connectivity index (χ1n) is 12.8. The first kappa shape index (κ1) is 28.3. The van der Waals surface area contributed by atoms with Gasteiger partial charge in [-0.2, -0.15) is 0 Å². The lowest BCUT2D eigenvalue weighted by molar-refractivity contribution is -0.164. The molecule has 3 atom stereocenters. The monoisotopic (exact) mass is 589 g/mol. The second-order valence-corrected chi connectivity index (χ2v) is 11.0. The summed E-state index contributed by atoms with van der Waals surface area (Å²) in [7, 11) is 0. The molecule has 0 aromatic heterocycles. The van der Waals surface area contributed by atoms with Crippen molar-refractivity contribution >= 4 is 46.7 Å². The molecule has 0 spiro atoms. The van der Waals surface area contributed by atoms with Crippen LogP contribution in [0.1, 0.15) is 22.8 Å². The van der Waals surface area contributed by atoms with E-state index < -0.39 is 41.5 Å². The molecule has 3 amide bonds. The van der Waals surface area contributed by atoms with E-state index in [4.69, 9.17) is 9.47 Å². The highest BCUT2D eigenvalue weighted by Gasteiger charge is 2.57. The minimum Gasteiger partial charge on any atom is -0.451 e. The summed E-state index contributed by atoms with van der Waals surface area (Å²) < 4.78 is 11.3. The van der Waals surface area contributed by atoms with Crippen molar-refractivity contribution in [1.82, 2.24) is 15.5 Å². The maximum Gasteiger partial charge on any atom is 0.408 e. The van der Waals surface area contributed by atoms with E-state index in [1.165, 1.54) is 16.7 Å². The van der Waals surface area contributed by atoms with Gasteiger partial charge in [-0.15, -0.1) is 11.8 Å². The third-order valence-electron chi connectivity index (χ3n) is 6.57. The van der Waals surface area contributed by atoms with Crippen LogP contribution in [-0.2, 0) is 25.7 Å². The second kappa shape index (κ2) is 13.0. The molecule has 3 aromatic rings. The summed E-state index contributed by atoms with van der Waals surface area (Å²) in [6, 6.07) is 25.6. The number of esters is 1. The number of carbonyl (C=O) groups excluding carboxylic acids is 4. The standard InChI is InChI=1S/C30H27N3O6S2/c1-40-30(37)31-22-18-41-27-23(32-29(36)38-17-19-11-5-2-6-12-19)26(34)33(27)24(22)28(35)39-25(20-13-7-3-8-14-20)21-15-9-4-10-16-21/h2-16,18,23-25,27H,17H2,1H3,(H,31,37)(H,32,36)/t23?,24?,27-/m1/s1. The highest BCUT2D eigenvalue weighted by Crippen LogP contribution is 2.40. The van der Waals surface area contributed by atoms with Gasteiger partial charge in [0.15, 0.2) is 12.1 Å². The van der Waals surface area contributed by atoms with Gasteiger partial charge in [-0.3, -0.25) is 9.59 Å². The number of benzene rings is 3. The maximum absolute atomic E-state index is 13.8. The smallest absolute Gasteiger partial charge is 0.408 e. The summed E-state index contributed by atoms with van der Waals surface area (Å²) in [5, 5.41) is 5.96. The molecule has 3 aromatic carbocycles. The van der Waals surface area contributed by atoms with E-state index in [1.807, 2.05) is 91.0 Å². The fourth-order valence-corrected chi connectivity index (χ4v) is 5.95. The number of hydrogen-bond donors (Lipinski definition) is 2. The molecule has 5 rings (SSSR count). The molecule has 0 radical (unpaired) electrons. The molecule has 2 N–H and O–H groups in total. The van der Waals surface area contributed by atoms with Gasteiger partial charge in [0, 0.05) is 0 Å². The lowest BCUT2D eigenvalue weighted by atomic mass is 9.99. The van der Waals surface area contributed by atoms with Crippen LogP contribution in [0.5, 0.6) is 0 Å². The quantitative estimate of drug-likeness (QED) is 0.284. The Balaban J connectivity index is 1.35. The zero-order valence-corrected chi connectivity index (χ0v) is 23.6. The van der Waals surface area contributed by atoms with Crippen LogP contribution < -0.4 is 10.6 Å². The van der Waals surface area contributed by atoms with Crippen molar-refractivity contribution < 1.29 is 28.7 Å². The van der Waals surface area contributed by atoms with Gasteiger partial charge in [-0.25, -0.2) is 9.59 Å². The topological polar surface area (TPSA) is 114 Å². The summed E-state index contributed by atoms with van der Waals surface area (Å²) in [5.41, 5.74) is 2.54. The molecular weight excluding hydrogens is 562 g/mol. The highest BCUT2D eigenvalue weighted by atomic mass is 32.2. The number of hydrogen-bond acceptors (Lipinski definition) is 8. The van der Waals surface area contributed by atoms with E-state index in [2.05, 4.69) is 10.6 Å². The first-order chi connectivity index (χ1) is 20.0. The zero-order chi connectivity index (χ0) is 28.8. The molecule has 1 fully saturated rings. The SMILES string of the molecule is CSC(=O)NC1=CS[C@@H]2C(NC(=O)OCc3ccccc3)C(=O)N2C1C(=O)OC(c1ccccc1)c1ccccc1. The lowest BCUT2D eigenvalue weighted by Crippen LogP contribution is -2.74. The number of amides is 3. The average molecular weight is 590 g/mol. The predicted octanol–water partition coefficient (Wildman–Crippen LogP) is 4.81. The van der Waals surface area contributed by atoms with Gasteiger partial charge in [0.05, 0.1) is 5.70 Å². The van der Waals surface area contributed by atoms with Crippen LogP contribution in [0.2, 0.25) is 0 Å². The van der Waals surface area contributed by atoms with Gasteiger partial charge in [-0.05, 0) is 28.4 Å². The molecule has 2 heterocycles. The molecule has 0 aliphatic carbocycles. The first-order valence-corrected chi connectivity index (χ1v) is 14.9. The average Bonchev–Trinajstić information content (AvgIpc) is 3.02. The summed E-state index contributed by atoms with van der Waals surface area (Å²) in [4.78, 5) is 53.2. The van der Waals surface area contributed by atoms with Crippen LogP contribution in [0.3, 0.4) is 0 Å². The van der Waals surface area contributed by atoms with E-state index in [0.29, 0.717) is 0 Å². The van der Waals surface area contributed by atoms with Crippen LogP contribution >= 0.6 is 23.5 Å². The van der Waals surface area contributed by atoms with Crippen LogP contribution in [0.25, 0.3) is 0 Å². The normalized spacial score (nSPS) is 19.4. The van der Waals surface area contributed by atoms with Gasteiger partial charge in [-0.1, -0.05) is 103 Å². The summed E-state index contributed by atoms with van der Waals surface area (Å²) >= 11 is 2.16. The van der Waals surface area contributed by atoms with Crippen LogP contribution in [0.4, 0.5) is 9.59 Å². The molecule has 210 valence electrons. The number of nitrogens with one attached hydrogen (secondary N) is 2. The summed E-state index contributed by atoms with van der Waals surface area (Å²) in [5.74, 6) is -1.19. The zero-order valence-electron chi connectivity index (χ0n) is 22.0. The Labute approximate surface area is 245 Å². The number of alkyl carbamates (subject to hydrolysis) is 1. The molecular formula is C30H27N3O6S2. The largest absolute Gasteiger partial charge is 0.451 e. The third-order valence-corrected chi connectivity index (χ3v) is 8.21. The molecule has 1 saturated heterocycles. The minimum absolute atomic E-state index is 0.0508. The third kappa shape index (κ3) is 6.41. The van der Waals surface area contributed by atoms with E-state index in [0.717, 1.165) is 28.5 Å². The minimum atomic E-state index is -1.21. The van der Waals surface area contributed by atoms with E-state index in [9.17, 15) is 19.2 Å². The molecule has 2 unspecified atom stereocenters. The summed E-state index contributed by atoms with van der Waals surface area (Å²) in [6.07, 6.45) is 0.123. The lowest BCUT2D eigenvalue weighted by Gasteiger charge is -2.51. The maximum atomic E-state index is 13.8. The summed E-state index contributed by atoms with van der Waals surface area (Å²) in [6.45, 7) is 0.0508. The molecule has 2 aliphatic rings. The highest BCUT2D eigenvalue weighted by molar-refractivity contribution is 8.13. The van der Waals surface area contributed by atoms with Gasteiger partial charge >= 0.3 is 12.1 Å². The van der Waals surface area contributed by atoms with Gasteiger partial charge < -0.3 is 25.0 Å². The van der Waals surface area contributed by atoms with Crippen LogP contribution in [0.15, 0.2) is 102 Å². The van der Waals surface area contributed by atoms with Crippen molar-refractivity contribution in [3.05, 3.63) is 119 Å². The second-order valence-electron chi connectivity index (χ2n) is 9.19. The molecule has 2 aliphatic heterocycles. The van der Waals surface area contributed by atoms with Crippen molar-refractivity contribution in [2.24, 2.45) is 0 Å². The van der Waals surface area contributed by atoms with Crippen LogP contribution in [0, 0.1) is 0 Å². The fourth-order valence-electron chi connectivity index (χ4n) is 4.56. The van der Waals surface area contributed by atoms with Crippen molar-refractivity contribution in [3.63, 3.8) is 0 Å². The molecule has 0 saturated carbocycles. The number of β-lactam (4-membered cyclic amide) rings is 1. The fraction of sp³-hybridized carbons (Fsp3) is 0.200. The Kier molecular flexibility index (Phi) is 8.95. The predicted molar refractivity (Wildman–Crippen MR) is 157 cm³/mol. The van der Waals surface area contributed by atoms with E-state index >= 15 is 0 Å².